The van der Waals surface area contributed by atoms with Crippen LogP contribution in [0.25, 0.3) is 33.9 Å². The number of hydrogen-bond acceptors (Lipinski definition) is 5. The van der Waals surface area contributed by atoms with Crippen LogP contribution >= 0.6 is 31.9 Å². The fourth-order valence-corrected chi connectivity index (χ4v) is 8.21. The zero-order valence-electron chi connectivity index (χ0n) is 37.4. The molecule has 2 aromatic heterocycles. The molecule has 1 N–H and O–H groups in total. The number of benzene rings is 6. The number of carbonyl (C=O) groups is 2. The summed E-state index contributed by atoms with van der Waals surface area (Å²) in [4.78, 5) is 23.7. The molecule has 8 aromatic rings. The minimum atomic E-state index is -4.72. The topological polar surface area (TPSA) is 91.9 Å². The van der Waals surface area contributed by atoms with E-state index in [1.54, 1.807) is 108 Å². The van der Waals surface area contributed by atoms with Crippen molar-refractivity contribution in [3.05, 3.63) is 211 Å². The average Bonchev–Trinajstić information content (AvgIpc) is 3.92. The van der Waals surface area contributed by atoms with Crippen molar-refractivity contribution < 1.29 is 64.0 Å². The Hall–Kier alpha value is -7.18. The van der Waals surface area contributed by atoms with E-state index >= 15 is 0 Å². The third kappa shape index (κ3) is 12.4. The van der Waals surface area contributed by atoms with Crippen LogP contribution in [-0.2, 0) is 30.3 Å². The first-order valence-electron chi connectivity index (χ1n) is 21.1. The molecule has 0 saturated carbocycles. The predicted octanol–water partition coefficient (Wildman–Crippen LogP) is 15.4. The molecule has 0 spiro atoms. The van der Waals surface area contributed by atoms with E-state index in [0.717, 1.165) is 40.9 Å². The molecule has 0 bridgehead atoms. The summed E-state index contributed by atoms with van der Waals surface area (Å²) in [5, 5.41) is 9.40. The lowest BCUT2D eigenvalue weighted by Crippen LogP contribution is -2.11. The molecule has 18 heteroatoms. The molecule has 0 fully saturated rings. The van der Waals surface area contributed by atoms with Crippen LogP contribution in [0.1, 0.15) is 54.4 Å². The Morgan fingerprint density at radius 1 is 0.535 bits per heavy atom. The largest absolute Gasteiger partial charge is 0.488 e. The van der Waals surface area contributed by atoms with Crippen molar-refractivity contribution in [2.45, 2.75) is 39.4 Å². The standard InChI is InChI=1S/C27H20BrF4NO3.C26H18BrF4NO3/c1-16-3-9-24(33(16)22-12-18(26(34)35-2)11-19(13-22)27(30,31)32)23-14-20(28)6-10-25(23)36-15-17-4-7-21(29)8-5-17;1-15-2-8-23(32(15)21-11-17(25(33)34)10-18(12-21)26(29,30)31)22-13-19(27)5-9-24(22)35-14-16-3-6-20(28)7-4-16/h3-14H,15H2,1-2H3;2-13H,14H2,1H3,(H,33,34). The highest BCUT2D eigenvalue weighted by atomic mass is 79.9. The van der Waals surface area contributed by atoms with E-state index in [0.29, 0.717) is 55.9 Å². The highest BCUT2D eigenvalue weighted by molar-refractivity contribution is 9.10. The summed E-state index contributed by atoms with van der Waals surface area (Å²) in [6.45, 7) is 3.76. The van der Waals surface area contributed by atoms with E-state index in [4.69, 9.17) is 9.47 Å². The lowest BCUT2D eigenvalue weighted by atomic mass is 10.1. The number of carboxylic acids is 1. The van der Waals surface area contributed by atoms with Crippen LogP contribution in [0, 0.1) is 25.5 Å². The zero-order valence-corrected chi connectivity index (χ0v) is 40.6. The fourth-order valence-electron chi connectivity index (χ4n) is 7.49. The van der Waals surface area contributed by atoms with Gasteiger partial charge in [-0.1, -0.05) is 56.1 Å². The first-order chi connectivity index (χ1) is 33.6. The average molecular weight is 1110 g/mol. The fraction of sp³-hybridized carbons (Fsp3) is 0.132. The highest BCUT2D eigenvalue weighted by Gasteiger charge is 2.34. The van der Waals surface area contributed by atoms with Crippen LogP contribution in [0.5, 0.6) is 11.5 Å². The molecule has 6 aromatic carbocycles. The normalized spacial score (nSPS) is 11.5. The number of carbonyl (C=O) groups excluding carboxylic acids is 1. The molecule has 71 heavy (non-hydrogen) atoms. The van der Waals surface area contributed by atoms with Gasteiger partial charge in [-0.15, -0.1) is 0 Å². The van der Waals surface area contributed by atoms with Gasteiger partial charge in [0.05, 0.1) is 40.8 Å². The van der Waals surface area contributed by atoms with Crippen molar-refractivity contribution in [3.63, 3.8) is 0 Å². The van der Waals surface area contributed by atoms with Crippen molar-refractivity contribution in [2.24, 2.45) is 0 Å². The second-order valence-electron chi connectivity index (χ2n) is 15.8. The first kappa shape index (κ1) is 51.7. The van der Waals surface area contributed by atoms with Gasteiger partial charge < -0.3 is 28.5 Å². The number of esters is 1. The molecular weight excluding hydrogens is 1070 g/mol. The Bertz CT molecular complexity index is 3240. The van der Waals surface area contributed by atoms with Gasteiger partial charge in [0, 0.05) is 42.8 Å². The molecule has 0 aliphatic rings. The van der Waals surface area contributed by atoms with Crippen molar-refractivity contribution in [3.8, 4) is 45.4 Å². The number of carboxylic acid groups (broad SMARTS) is 1. The molecule has 0 atom stereocenters. The lowest BCUT2D eigenvalue weighted by molar-refractivity contribution is -0.138. The molecule has 0 radical (unpaired) electrons. The first-order valence-corrected chi connectivity index (χ1v) is 22.7. The number of aromatic nitrogens is 2. The molecule has 8 rings (SSSR count). The minimum absolute atomic E-state index is 0.0548. The van der Waals surface area contributed by atoms with Gasteiger partial charge in [-0.2, -0.15) is 26.3 Å². The molecular formula is C53H38Br2F8N2O6. The van der Waals surface area contributed by atoms with E-state index in [1.165, 1.54) is 36.4 Å². The van der Waals surface area contributed by atoms with E-state index in [2.05, 4.69) is 36.6 Å². The Labute approximate surface area is 417 Å². The number of aromatic carboxylic acids is 1. The van der Waals surface area contributed by atoms with Gasteiger partial charge in [0.25, 0.3) is 0 Å². The predicted molar refractivity (Wildman–Crippen MR) is 257 cm³/mol. The maximum atomic E-state index is 13.7. The number of hydrogen-bond donors (Lipinski definition) is 1. The van der Waals surface area contributed by atoms with Gasteiger partial charge in [0.2, 0.25) is 0 Å². The van der Waals surface area contributed by atoms with Crippen LogP contribution < -0.4 is 9.47 Å². The van der Waals surface area contributed by atoms with Crippen molar-refractivity contribution in [1.82, 2.24) is 9.13 Å². The van der Waals surface area contributed by atoms with Crippen LogP contribution in [0.2, 0.25) is 0 Å². The molecule has 0 aliphatic carbocycles. The SMILES string of the molecule is COC(=O)c1cc(-n2c(C)ccc2-c2cc(Br)ccc2OCc2ccc(F)cc2)cc(C(F)(F)F)c1.Cc1ccc(-c2cc(Br)ccc2OCc2ccc(F)cc2)n1-c1cc(C(=O)O)cc(C(F)(F)F)c1. The summed E-state index contributed by atoms with van der Waals surface area (Å²) < 4.78 is 129. The van der Waals surface area contributed by atoms with Gasteiger partial charge in [0.15, 0.2) is 0 Å². The van der Waals surface area contributed by atoms with Crippen LogP contribution in [0.4, 0.5) is 35.1 Å². The molecule has 0 amide bonds. The Morgan fingerprint density at radius 2 is 0.930 bits per heavy atom. The number of aryl methyl sites for hydroxylation is 2. The van der Waals surface area contributed by atoms with Crippen molar-refractivity contribution in [2.75, 3.05) is 7.11 Å². The van der Waals surface area contributed by atoms with E-state index in [9.17, 15) is 49.8 Å². The monoisotopic (exact) mass is 1110 g/mol. The van der Waals surface area contributed by atoms with Gasteiger partial charge in [0.1, 0.15) is 36.3 Å². The second-order valence-corrected chi connectivity index (χ2v) is 17.7. The van der Waals surface area contributed by atoms with Gasteiger partial charge in [-0.3, -0.25) is 0 Å². The zero-order chi connectivity index (χ0) is 51.4. The number of alkyl halides is 6. The Morgan fingerprint density at radius 3 is 1.31 bits per heavy atom. The van der Waals surface area contributed by atoms with Crippen LogP contribution in [-0.4, -0.2) is 33.3 Å². The number of rotatable bonds is 12. The number of halogens is 10. The quantitative estimate of drug-likeness (QED) is 0.0968. The smallest absolute Gasteiger partial charge is 0.416 e. The van der Waals surface area contributed by atoms with Crippen molar-refractivity contribution in [1.29, 1.82) is 0 Å². The third-order valence-corrected chi connectivity index (χ3v) is 11.9. The minimum Gasteiger partial charge on any atom is -0.488 e. The Kier molecular flexibility index (Phi) is 15.6. The van der Waals surface area contributed by atoms with E-state index in [-0.39, 0.29) is 41.8 Å². The number of ether oxygens (including phenoxy) is 3. The summed E-state index contributed by atoms with van der Waals surface area (Å²) in [5.41, 5.74) is 2.44. The Balaban J connectivity index is 0.000000209. The third-order valence-electron chi connectivity index (χ3n) is 10.9. The number of methoxy groups -OCH3 is 1. The molecule has 0 aliphatic heterocycles. The highest BCUT2D eigenvalue weighted by Crippen LogP contribution is 2.40. The van der Waals surface area contributed by atoms with E-state index < -0.39 is 41.0 Å². The lowest BCUT2D eigenvalue weighted by Gasteiger charge is -2.18. The van der Waals surface area contributed by atoms with Crippen molar-refractivity contribution >= 4 is 43.8 Å². The number of nitrogens with zero attached hydrogens (tertiary/aromatic N) is 2. The molecule has 0 saturated heterocycles. The summed E-state index contributed by atoms with van der Waals surface area (Å²) in [6, 6.07) is 35.1. The molecule has 2 heterocycles. The summed E-state index contributed by atoms with van der Waals surface area (Å²) in [7, 11) is 1.11. The maximum absolute atomic E-state index is 13.7. The molecule has 8 nitrogen and oxygen atoms in total. The summed E-state index contributed by atoms with van der Waals surface area (Å²) in [5.74, 6) is -2.14. The maximum Gasteiger partial charge on any atom is 0.416 e. The van der Waals surface area contributed by atoms with E-state index in [1.807, 2.05) is 0 Å². The van der Waals surface area contributed by atoms with Crippen LogP contribution in [0.3, 0.4) is 0 Å². The summed E-state index contributed by atoms with van der Waals surface area (Å²) >= 11 is 6.87. The molecule has 366 valence electrons. The van der Waals surface area contributed by atoms with Gasteiger partial charge in [-0.05, 0) is 146 Å². The van der Waals surface area contributed by atoms with Gasteiger partial charge >= 0.3 is 24.3 Å². The van der Waals surface area contributed by atoms with Crippen LogP contribution in [0.15, 0.2) is 155 Å². The van der Waals surface area contributed by atoms with Gasteiger partial charge in [-0.25, -0.2) is 18.4 Å². The molecule has 0 unspecified atom stereocenters. The second kappa shape index (κ2) is 21.4. The summed E-state index contributed by atoms with van der Waals surface area (Å²) in [6.07, 6.45) is -9.39.